The molecule has 1 saturated heterocycles. The van der Waals surface area contributed by atoms with Crippen molar-refractivity contribution in [3.8, 4) is 11.8 Å². The van der Waals surface area contributed by atoms with E-state index in [0.29, 0.717) is 16.9 Å². The van der Waals surface area contributed by atoms with Gasteiger partial charge in [0.1, 0.15) is 24.6 Å². The molecule has 0 unspecified atom stereocenters. The van der Waals surface area contributed by atoms with Crippen LogP contribution in [0.4, 0.5) is 4.79 Å². The predicted octanol–water partition coefficient (Wildman–Crippen LogP) is 3.41. The third-order valence-electron chi connectivity index (χ3n) is 4.32. The number of nitriles is 1. The van der Waals surface area contributed by atoms with Crippen molar-refractivity contribution in [2.24, 2.45) is 0 Å². The van der Waals surface area contributed by atoms with E-state index >= 15 is 0 Å². The first-order chi connectivity index (χ1) is 14.8. The second-order valence-corrected chi connectivity index (χ2v) is 8.65. The lowest BCUT2D eigenvalue weighted by Crippen LogP contribution is -2.36. The number of amides is 3. The Morgan fingerprint density at radius 2 is 1.90 bits per heavy atom. The Balaban J connectivity index is 1.79. The van der Waals surface area contributed by atoms with Crippen LogP contribution in [0.2, 0.25) is 0 Å². The van der Waals surface area contributed by atoms with Gasteiger partial charge in [-0.15, -0.1) is 0 Å². The number of halogens is 2. The minimum atomic E-state index is -0.687. The molecule has 31 heavy (non-hydrogen) atoms. The van der Waals surface area contributed by atoms with Gasteiger partial charge in [0.2, 0.25) is 0 Å². The van der Waals surface area contributed by atoms with Gasteiger partial charge in [-0.2, -0.15) is 5.26 Å². The number of hydrogen-bond donors (Lipinski definition) is 1. The molecule has 0 aliphatic carbocycles. The van der Waals surface area contributed by atoms with Crippen LogP contribution >= 0.6 is 45.2 Å². The van der Waals surface area contributed by atoms with Crippen molar-refractivity contribution in [2.45, 2.75) is 6.61 Å². The molecule has 2 aromatic carbocycles. The van der Waals surface area contributed by atoms with Crippen LogP contribution < -0.4 is 10.1 Å². The van der Waals surface area contributed by atoms with E-state index in [9.17, 15) is 19.6 Å². The van der Waals surface area contributed by atoms with Crippen LogP contribution in [-0.2, 0) is 20.9 Å². The Morgan fingerprint density at radius 3 is 2.55 bits per heavy atom. The predicted molar refractivity (Wildman–Crippen MR) is 128 cm³/mol. The molecular weight excluding hydrogens is 628 g/mol. The molecule has 3 rings (SSSR count). The molecule has 0 bridgehead atoms. The van der Waals surface area contributed by atoms with Crippen molar-refractivity contribution in [1.82, 2.24) is 10.2 Å². The number of imide groups is 1. The summed E-state index contributed by atoms with van der Waals surface area (Å²) in [5.74, 6) is -0.632. The molecule has 158 valence electrons. The standard InChI is InChI=1S/C21H15I2N3O5/c1-30-18(27)10-26-20(28)17(25-21(26)29)8-12-6-15(22)19(16(23)7-12)31-11-14-5-3-2-4-13(14)9-24/h2-8H,10-11H2,1H3,(H,25,29)/b17-8+. The molecule has 1 N–H and O–H groups in total. The number of methoxy groups -OCH3 is 1. The van der Waals surface area contributed by atoms with Gasteiger partial charge in [0, 0.05) is 5.56 Å². The SMILES string of the molecule is COC(=O)CN1C(=O)N/C(=C/c2cc(I)c(OCc3ccccc3C#N)c(I)c2)C1=O. The summed E-state index contributed by atoms with van der Waals surface area (Å²) in [6, 6.07) is 12.3. The summed E-state index contributed by atoms with van der Waals surface area (Å²) in [4.78, 5) is 36.6. The molecule has 1 heterocycles. The van der Waals surface area contributed by atoms with Crippen LogP contribution in [0.25, 0.3) is 6.08 Å². The van der Waals surface area contributed by atoms with Crippen LogP contribution in [0.15, 0.2) is 42.1 Å². The second kappa shape index (κ2) is 10.1. The highest BCUT2D eigenvalue weighted by molar-refractivity contribution is 14.1. The molecule has 10 heteroatoms. The van der Waals surface area contributed by atoms with Gasteiger partial charge >= 0.3 is 12.0 Å². The first-order valence-corrected chi connectivity index (χ1v) is 11.0. The highest BCUT2D eigenvalue weighted by Crippen LogP contribution is 2.31. The van der Waals surface area contributed by atoms with Crippen molar-refractivity contribution in [1.29, 1.82) is 5.26 Å². The molecule has 0 atom stereocenters. The number of nitrogens with zero attached hydrogens (tertiary/aromatic N) is 2. The van der Waals surface area contributed by atoms with Crippen molar-refractivity contribution < 1.29 is 23.9 Å². The number of carbonyl (C=O) groups excluding carboxylic acids is 3. The van der Waals surface area contributed by atoms with Crippen LogP contribution in [-0.4, -0.2) is 36.5 Å². The lowest BCUT2D eigenvalue weighted by atomic mass is 10.1. The van der Waals surface area contributed by atoms with Crippen LogP contribution in [0, 0.1) is 18.5 Å². The Labute approximate surface area is 205 Å². The highest BCUT2D eigenvalue weighted by atomic mass is 127. The maximum Gasteiger partial charge on any atom is 0.329 e. The number of nitrogens with one attached hydrogen (secondary N) is 1. The van der Waals surface area contributed by atoms with Crippen molar-refractivity contribution >= 4 is 69.2 Å². The lowest BCUT2D eigenvalue weighted by Gasteiger charge is -2.12. The summed E-state index contributed by atoms with van der Waals surface area (Å²) in [6.45, 7) is -0.211. The maximum absolute atomic E-state index is 12.4. The van der Waals surface area contributed by atoms with E-state index in [1.807, 2.05) is 24.3 Å². The van der Waals surface area contributed by atoms with E-state index in [1.165, 1.54) is 13.2 Å². The van der Waals surface area contributed by atoms with Gasteiger partial charge < -0.3 is 14.8 Å². The fourth-order valence-electron chi connectivity index (χ4n) is 2.78. The highest BCUT2D eigenvalue weighted by Gasteiger charge is 2.35. The third-order valence-corrected chi connectivity index (χ3v) is 5.92. The van der Waals surface area contributed by atoms with Gasteiger partial charge in [0.25, 0.3) is 5.91 Å². The van der Waals surface area contributed by atoms with Gasteiger partial charge in [0.15, 0.2) is 0 Å². The molecule has 0 spiro atoms. The monoisotopic (exact) mass is 643 g/mol. The molecule has 0 saturated carbocycles. The average Bonchev–Trinajstić information content (AvgIpc) is 3.00. The number of urea groups is 1. The van der Waals surface area contributed by atoms with Crippen LogP contribution in [0.5, 0.6) is 5.75 Å². The number of esters is 1. The third kappa shape index (κ3) is 5.34. The minimum Gasteiger partial charge on any atom is -0.487 e. The molecule has 1 fully saturated rings. The van der Waals surface area contributed by atoms with Crippen molar-refractivity contribution in [3.05, 3.63) is 65.9 Å². The summed E-state index contributed by atoms with van der Waals surface area (Å²) in [5.41, 5.74) is 2.09. The van der Waals surface area contributed by atoms with E-state index in [2.05, 4.69) is 61.3 Å². The molecule has 8 nitrogen and oxygen atoms in total. The molecule has 1 aliphatic heterocycles. The molecular formula is C21H15I2N3O5. The minimum absolute atomic E-state index is 0.0668. The van der Waals surface area contributed by atoms with Gasteiger partial charge in [-0.1, -0.05) is 18.2 Å². The Morgan fingerprint density at radius 1 is 1.23 bits per heavy atom. The zero-order valence-corrected chi connectivity index (χ0v) is 20.5. The average molecular weight is 643 g/mol. The van der Waals surface area contributed by atoms with E-state index in [1.54, 1.807) is 12.1 Å². The van der Waals surface area contributed by atoms with Gasteiger partial charge in [-0.05, 0) is 75.0 Å². The van der Waals surface area contributed by atoms with E-state index in [-0.39, 0.29) is 12.3 Å². The topological polar surface area (TPSA) is 109 Å². The smallest absolute Gasteiger partial charge is 0.329 e. The summed E-state index contributed by atoms with van der Waals surface area (Å²) < 4.78 is 12.1. The van der Waals surface area contributed by atoms with Crippen molar-refractivity contribution in [2.75, 3.05) is 13.7 Å². The number of rotatable bonds is 6. The molecule has 1 aliphatic rings. The summed E-state index contributed by atoms with van der Waals surface area (Å²) >= 11 is 4.25. The quantitative estimate of drug-likeness (QED) is 0.224. The summed E-state index contributed by atoms with van der Waals surface area (Å²) in [6.07, 6.45) is 1.54. The molecule has 0 radical (unpaired) electrons. The Kier molecular flexibility index (Phi) is 7.50. The maximum atomic E-state index is 12.4. The van der Waals surface area contributed by atoms with Gasteiger partial charge in [0.05, 0.1) is 25.9 Å². The Bertz CT molecular complexity index is 1120. The number of ether oxygens (including phenoxy) is 2. The molecule has 2 aromatic rings. The first kappa shape index (κ1) is 23.0. The summed E-state index contributed by atoms with van der Waals surface area (Å²) in [5, 5.41) is 11.7. The fraction of sp³-hybridized carbons (Fsp3) is 0.143. The molecule has 3 amide bonds. The second-order valence-electron chi connectivity index (χ2n) is 6.33. The zero-order chi connectivity index (χ0) is 22.5. The summed E-state index contributed by atoms with van der Waals surface area (Å²) in [7, 11) is 1.18. The molecule has 0 aromatic heterocycles. The normalized spacial score (nSPS) is 14.4. The zero-order valence-electron chi connectivity index (χ0n) is 16.1. The van der Waals surface area contributed by atoms with Gasteiger partial charge in [-0.3, -0.25) is 9.59 Å². The first-order valence-electron chi connectivity index (χ1n) is 8.85. The van der Waals surface area contributed by atoms with E-state index in [4.69, 9.17) is 4.74 Å². The van der Waals surface area contributed by atoms with Crippen molar-refractivity contribution in [3.63, 3.8) is 0 Å². The van der Waals surface area contributed by atoms with Crippen LogP contribution in [0.1, 0.15) is 16.7 Å². The number of benzene rings is 2. The van der Waals surface area contributed by atoms with Gasteiger partial charge in [-0.25, -0.2) is 9.69 Å². The number of hydrogen-bond acceptors (Lipinski definition) is 6. The fourth-order valence-corrected chi connectivity index (χ4v) is 4.91. The largest absolute Gasteiger partial charge is 0.487 e. The number of carbonyl (C=O) groups is 3. The van der Waals surface area contributed by atoms with E-state index < -0.39 is 24.5 Å². The van der Waals surface area contributed by atoms with E-state index in [0.717, 1.165) is 17.6 Å². The van der Waals surface area contributed by atoms with Crippen LogP contribution in [0.3, 0.4) is 0 Å². The Hall–Kier alpha value is -2.66. The lowest BCUT2D eigenvalue weighted by molar-refractivity contribution is -0.143.